The first kappa shape index (κ1) is 24.0. The molecule has 1 saturated heterocycles. The van der Waals surface area contributed by atoms with E-state index in [1.165, 1.54) is 0 Å². The summed E-state index contributed by atoms with van der Waals surface area (Å²) in [6, 6.07) is 2.22. The molecule has 1 saturated carbocycles. The number of alkyl halides is 3. The normalized spacial score (nSPS) is 20.8. The molecule has 2 heterocycles. The Kier molecular flexibility index (Phi) is 6.82. The first-order valence-electron chi connectivity index (χ1n) is 10.9. The second-order valence-electron chi connectivity index (χ2n) is 8.66. The van der Waals surface area contributed by atoms with Gasteiger partial charge in [-0.25, -0.2) is 14.2 Å². The van der Waals surface area contributed by atoms with Crippen LogP contribution in [0.1, 0.15) is 24.8 Å². The number of ether oxygens (including phenoxy) is 1. The molecule has 2 fully saturated rings. The molecule has 0 unspecified atom stereocenters. The number of aryl methyl sites for hydroxylation is 1. The Morgan fingerprint density at radius 1 is 1.29 bits per heavy atom. The molecule has 0 bridgehead atoms. The molecule has 1 aromatic heterocycles. The van der Waals surface area contributed by atoms with Crippen LogP contribution in [-0.2, 0) is 13.6 Å². The van der Waals surface area contributed by atoms with Crippen molar-refractivity contribution in [1.29, 1.82) is 0 Å². The van der Waals surface area contributed by atoms with Gasteiger partial charge in [0.05, 0.1) is 6.04 Å². The lowest BCUT2D eigenvalue weighted by atomic mass is 9.94. The Morgan fingerprint density at radius 2 is 2.06 bits per heavy atom. The van der Waals surface area contributed by atoms with Gasteiger partial charge in [-0.1, -0.05) is 6.07 Å². The van der Waals surface area contributed by atoms with Crippen LogP contribution in [0.25, 0.3) is 0 Å². The van der Waals surface area contributed by atoms with Crippen molar-refractivity contribution < 1.29 is 32.2 Å². The lowest BCUT2D eigenvalue weighted by molar-refractivity contribution is -0.274. The first-order chi connectivity index (χ1) is 16.1. The number of aliphatic hydroxyl groups is 1. The summed E-state index contributed by atoms with van der Waals surface area (Å²) in [7, 11) is 1.76. The molecule has 0 spiro atoms. The molecule has 9 nitrogen and oxygen atoms in total. The van der Waals surface area contributed by atoms with Crippen molar-refractivity contribution in [2.75, 3.05) is 24.6 Å². The highest BCUT2D eigenvalue weighted by molar-refractivity contribution is 5.75. The number of benzene rings is 1. The van der Waals surface area contributed by atoms with Crippen LogP contribution in [0.15, 0.2) is 24.5 Å². The lowest BCUT2D eigenvalue weighted by Crippen LogP contribution is -2.56. The van der Waals surface area contributed by atoms with E-state index >= 15 is 0 Å². The van der Waals surface area contributed by atoms with Gasteiger partial charge >= 0.3 is 12.4 Å². The highest BCUT2D eigenvalue weighted by atomic mass is 19.4. The van der Waals surface area contributed by atoms with Crippen LogP contribution in [0.3, 0.4) is 0 Å². The summed E-state index contributed by atoms with van der Waals surface area (Å²) in [6.07, 6.45) is -1.06. The number of aliphatic hydroxyl groups excluding tert-OH is 1. The SMILES string of the molecule is Cn1cnc(N2C[C@@H](CO)C[C@@H](N(C(=O)NCc3ccc(OC(F)(F)F)cc3F)C3CC3)C2)n1. The number of nitrogens with zero attached hydrogens (tertiary/aromatic N) is 5. The molecular weight excluding hydrogens is 460 g/mol. The Bertz CT molecular complexity index is 1010. The zero-order valence-corrected chi connectivity index (χ0v) is 18.5. The molecule has 13 heteroatoms. The van der Waals surface area contributed by atoms with E-state index < -0.39 is 24.0 Å². The maximum atomic E-state index is 14.3. The van der Waals surface area contributed by atoms with Crippen molar-refractivity contribution in [1.82, 2.24) is 25.0 Å². The molecule has 2 aromatic rings. The van der Waals surface area contributed by atoms with Crippen molar-refractivity contribution in [2.24, 2.45) is 13.0 Å². The van der Waals surface area contributed by atoms with Gasteiger partial charge in [0.25, 0.3) is 0 Å². The smallest absolute Gasteiger partial charge is 0.406 e. The number of nitrogens with one attached hydrogen (secondary N) is 1. The van der Waals surface area contributed by atoms with E-state index in [1.807, 2.05) is 4.90 Å². The molecule has 1 aromatic carbocycles. The molecule has 2 amide bonds. The predicted molar refractivity (Wildman–Crippen MR) is 112 cm³/mol. The summed E-state index contributed by atoms with van der Waals surface area (Å²) in [5, 5.41) is 16.8. The third-order valence-electron chi connectivity index (χ3n) is 5.90. The second kappa shape index (κ2) is 9.65. The predicted octanol–water partition coefficient (Wildman–Crippen LogP) is 2.41. The molecule has 1 aliphatic carbocycles. The van der Waals surface area contributed by atoms with Gasteiger partial charge in [-0.05, 0) is 25.3 Å². The van der Waals surface area contributed by atoms with Gasteiger partial charge in [-0.2, -0.15) is 0 Å². The van der Waals surface area contributed by atoms with Crippen LogP contribution in [-0.4, -0.2) is 68.9 Å². The fraction of sp³-hybridized carbons (Fsp3) is 0.571. The number of piperidine rings is 1. The summed E-state index contributed by atoms with van der Waals surface area (Å²) in [4.78, 5) is 21.1. The number of halogens is 4. The average molecular weight is 486 g/mol. The minimum absolute atomic E-state index is 0.0355. The number of anilines is 1. The fourth-order valence-electron chi connectivity index (χ4n) is 4.26. The second-order valence-corrected chi connectivity index (χ2v) is 8.66. The third kappa shape index (κ3) is 5.88. The Balaban J connectivity index is 1.43. The molecule has 1 aliphatic heterocycles. The summed E-state index contributed by atoms with van der Waals surface area (Å²) >= 11 is 0. The topological polar surface area (TPSA) is 95.8 Å². The highest BCUT2D eigenvalue weighted by Gasteiger charge is 2.41. The lowest BCUT2D eigenvalue weighted by Gasteiger charge is -2.42. The average Bonchev–Trinajstić information content (AvgIpc) is 3.50. The number of hydrogen-bond acceptors (Lipinski definition) is 6. The number of urea groups is 1. The van der Waals surface area contributed by atoms with Gasteiger partial charge in [-0.3, -0.25) is 4.68 Å². The Labute approximate surface area is 193 Å². The van der Waals surface area contributed by atoms with Crippen molar-refractivity contribution in [2.45, 2.75) is 44.3 Å². The number of hydrogen-bond donors (Lipinski definition) is 2. The Morgan fingerprint density at radius 3 is 2.65 bits per heavy atom. The van der Waals surface area contributed by atoms with E-state index in [9.17, 15) is 27.5 Å². The molecular formula is C21H26F4N6O3. The molecule has 0 radical (unpaired) electrons. The van der Waals surface area contributed by atoms with Crippen molar-refractivity contribution in [3.8, 4) is 5.75 Å². The van der Waals surface area contributed by atoms with Crippen molar-refractivity contribution in [3.63, 3.8) is 0 Å². The first-order valence-corrected chi connectivity index (χ1v) is 10.9. The van der Waals surface area contributed by atoms with Gasteiger partial charge in [0.2, 0.25) is 5.95 Å². The maximum absolute atomic E-state index is 14.3. The van der Waals surface area contributed by atoms with Gasteiger partial charge in [0.15, 0.2) is 0 Å². The summed E-state index contributed by atoms with van der Waals surface area (Å²) in [5.74, 6) is -1.13. The molecule has 2 N–H and O–H groups in total. The van der Waals surface area contributed by atoms with E-state index in [4.69, 9.17) is 0 Å². The van der Waals surface area contributed by atoms with Crippen molar-refractivity contribution in [3.05, 3.63) is 35.9 Å². The minimum atomic E-state index is -4.92. The molecule has 186 valence electrons. The quantitative estimate of drug-likeness (QED) is 0.584. The van der Waals surface area contributed by atoms with Crippen LogP contribution in [0, 0.1) is 11.7 Å². The summed E-state index contributed by atoms with van der Waals surface area (Å²) in [5.41, 5.74) is 0.0369. The van der Waals surface area contributed by atoms with Crippen LogP contribution in [0.5, 0.6) is 5.75 Å². The number of amides is 2. The minimum Gasteiger partial charge on any atom is -0.406 e. The number of rotatable bonds is 7. The van der Waals surface area contributed by atoms with Crippen LogP contribution in [0.4, 0.5) is 28.3 Å². The van der Waals surface area contributed by atoms with Crippen LogP contribution in [0.2, 0.25) is 0 Å². The van der Waals surface area contributed by atoms with E-state index in [-0.39, 0.29) is 36.7 Å². The summed E-state index contributed by atoms with van der Waals surface area (Å²) < 4.78 is 56.6. The van der Waals surface area contributed by atoms with E-state index in [0.717, 1.165) is 25.0 Å². The van der Waals surface area contributed by atoms with E-state index in [0.29, 0.717) is 31.5 Å². The van der Waals surface area contributed by atoms with Gasteiger partial charge in [0.1, 0.15) is 17.9 Å². The monoisotopic (exact) mass is 486 g/mol. The number of carbonyl (C=O) groups excluding carboxylic acids is 1. The van der Waals surface area contributed by atoms with Gasteiger partial charge in [-0.15, -0.1) is 18.3 Å². The van der Waals surface area contributed by atoms with Gasteiger partial charge in [0, 0.05) is 56.9 Å². The molecule has 2 atom stereocenters. The third-order valence-corrected chi connectivity index (χ3v) is 5.90. The van der Waals surface area contributed by atoms with Crippen molar-refractivity contribution >= 4 is 12.0 Å². The molecule has 2 aliphatic rings. The standard InChI is InChI=1S/C21H26F4N6O3/c1-29-12-27-19(28-29)30-9-13(11-32)6-16(10-30)31(15-3-4-15)20(33)26-8-14-2-5-17(7-18(14)22)34-21(23,24)25/h2,5,7,12-13,15-16,32H,3-4,6,8-11H2,1H3,(H,26,33)/t13-,16+/m0/s1. The summed E-state index contributed by atoms with van der Waals surface area (Å²) in [6.45, 7) is 0.816. The largest absolute Gasteiger partial charge is 0.573 e. The zero-order valence-electron chi connectivity index (χ0n) is 18.5. The number of carbonyl (C=O) groups is 1. The number of aromatic nitrogens is 3. The molecule has 34 heavy (non-hydrogen) atoms. The van der Waals surface area contributed by atoms with Crippen LogP contribution < -0.4 is 15.0 Å². The fourth-order valence-corrected chi connectivity index (χ4v) is 4.26. The van der Waals surface area contributed by atoms with Crippen LogP contribution >= 0.6 is 0 Å². The van der Waals surface area contributed by atoms with Gasteiger partial charge < -0.3 is 25.0 Å². The van der Waals surface area contributed by atoms with E-state index in [1.54, 1.807) is 23.0 Å². The molecule has 4 rings (SSSR count). The highest BCUT2D eigenvalue weighted by Crippen LogP contribution is 2.33. The van der Waals surface area contributed by atoms with E-state index in [2.05, 4.69) is 20.1 Å². The maximum Gasteiger partial charge on any atom is 0.573 e. The Hall–Kier alpha value is -3.09. The zero-order chi connectivity index (χ0) is 24.5.